The van der Waals surface area contributed by atoms with Gasteiger partial charge in [-0.15, -0.1) is 0 Å². The minimum atomic E-state index is -0.156. The topological polar surface area (TPSA) is 38.3 Å². The molecule has 4 aromatic carbocycles. The zero-order chi connectivity index (χ0) is 18.5. The van der Waals surface area contributed by atoms with Crippen molar-refractivity contribution < 1.29 is 9.53 Å². The van der Waals surface area contributed by atoms with E-state index in [1.54, 1.807) is 12.1 Å². The molecule has 1 amide bonds. The van der Waals surface area contributed by atoms with Crippen LogP contribution in [0.25, 0.3) is 10.8 Å². The molecule has 0 saturated heterocycles. The third-order valence-electron chi connectivity index (χ3n) is 4.38. The molecule has 3 heteroatoms. The number of hydrogen-bond acceptors (Lipinski definition) is 2. The van der Waals surface area contributed by atoms with Gasteiger partial charge < -0.3 is 10.1 Å². The summed E-state index contributed by atoms with van der Waals surface area (Å²) in [5.41, 5.74) is 2.45. The lowest BCUT2D eigenvalue weighted by atomic mass is 10.1. The molecule has 0 aliphatic rings. The van der Waals surface area contributed by atoms with Crippen molar-refractivity contribution in [1.82, 2.24) is 0 Å². The van der Waals surface area contributed by atoms with Gasteiger partial charge in [0.25, 0.3) is 5.91 Å². The van der Waals surface area contributed by atoms with Gasteiger partial charge in [0.05, 0.1) is 0 Å². The van der Waals surface area contributed by atoms with Crippen LogP contribution in [0.5, 0.6) is 5.75 Å². The highest BCUT2D eigenvalue weighted by Gasteiger charge is 2.09. The lowest BCUT2D eigenvalue weighted by molar-refractivity contribution is 0.102. The van der Waals surface area contributed by atoms with E-state index in [2.05, 4.69) is 5.32 Å². The van der Waals surface area contributed by atoms with Crippen LogP contribution in [0.1, 0.15) is 15.9 Å². The van der Waals surface area contributed by atoms with E-state index >= 15 is 0 Å². The maximum Gasteiger partial charge on any atom is 0.255 e. The average molecular weight is 353 g/mol. The molecule has 0 atom stereocenters. The fourth-order valence-electron chi connectivity index (χ4n) is 3.00. The molecule has 0 unspecified atom stereocenters. The van der Waals surface area contributed by atoms with Crippen LogP contribution in [0.4, 0.5) is 5.69 Å². The van der Waals surface area contributed by atoms with Crippen molar-refractivity contribution in [3.63, 3.8) is 0 Å². The van der Waals surface area contributed by atoms with E-state index < -0.39 is 0 Å². The molecule has 0 heterocycles. The first-order chi connectivity index (χ1) is 13.3. The fraction of sp³-hybridized carbons (Fsp3) is 0.0417. The highest BCUT2D eigenvalue weighted by Crippen LogP contribution is 2.24. The zero-order valence-corrected chi connectivity index (χ0v) is 14.8. The summed E-state index contributed by atoms with van der Waals surface area (Å²) in [4.78, 5) is 12.7. The molecule has 132 valence electrons. The van der Waals surface area contributed by atoms with E-state index in [1.807, 2.05) is 84.9 Å². The zero-order valence-electron chi connectivity index (χ0n) is 14.8. The number of carbonyl (C=O) groups is 1. The smallest absolute Gasteiger partial charge is 0.255 e. The summed E-state index contributed by atoms with van der Waals surface area (Å²) in [6.07, 6.45) is 0. The van der Waals surface area contributed by atoms with E-state index in [9.17, 15) is 4.79 Å². The lowest BCUT2D eigenvalue weighted by Gasteiger charge is -2.10. The Morgan fingerprint density at radius 1 is 0.778 bits per heavy atom. The number of nitrogens with one attached hydrogen (secondary N) is 1. The number of benzene rings is 4. The van der Waals surface area contributed by atoms with Crippen molar-refractivity contribution in [2.75, 3.05) is 5.32 Å². The number of carbonyl (C=O) groups excluding carboxylic acids is 1. The van der Waals surface area contributed by atoms with E-state index in [-0.39, 0.29) is 5.91 Å². The van der Waals surface area contributed by atoms with Crippen molar-refractivity contribution in [2.45, 2.75) is 6.61 Å². The molecule has 0 aliphatic carbocycles. The third-order valence-corrected chi connectivity index (χ3v) is 4.38. The molecular weight excluding hydrogens is 334 g/mol. The second-order valence-corrected chi connectivity index (χ2v) is 6.28. The minimum Gasteiger partial charge on any atom is -0.489 e. The number of rotatable bonds is 5. The Kier molecular flexibility index (Phi) is 4.84. The summed E-state index contributed by atoms with van der Waals surface area (Å²) in [5.74, 6) is 0.515. The Hall–Kier alpha value is -3.59. The molecule has 27 heavy (non-hydrogen) atoms. The van der Waals surface area contributed by atoms with Gasteiger partial charge in [0.15, 0.2) is 0 Å². The summed E-state index contributed by atoms with van der Waals surface area (Å²) >= 11 is 0. The first-order valence-corrected chi connectivity index (χ1v) is 8.85. The first kappa shape index (κ1) is 16.9. The van der Waals surface area contributed by atoms with Gasteiger partial charge in [-0.25, -0.2) is 0 Å². The molecule has 0 aliphatic heterocycles. The summed E-state index contributed by atoms with van der Waals surface area (Å²) < 4.78 is 5.82. The van der Waals surface area contributed by atoms with Crippen LogP contribution < -0.4 is 10.1 Å². The van der Waals surface area contributed by atoms with Gasteiger partial charge in [0.1, 0.15) is 12.4 Å². The van der Waals surface area contributed by atoms with E-state index in [0.29, 0.717) is 17.9 Å². The largest absolute Gasteiger partial charge is 0.489 e. The Morgan fingerprint density at radius 2 is 1.52 bits per heavy atom. The Labute approximate surface area is 158 Å². The molecule has 3 nitrogen and oxygen atoms in total. The number of ether oxygens (including phenoxy) is 1. The van der Waals surface area contributed by atoms with Gasteiger partial charge in [-0.2, -0.15) is 0 Å². The first-order valence-electron chi connectivity index (χ1n) is 8.85. The van der Waals surface area contributed by atoms with Crippen LogP contribution >= 0.6 is 0 Å². The molecule has 0 saturated carbocycles. The monoisotopic (exact) mass is 353 g/mol. The van der Waals surface area contributed by atoms with Crippen molar-refractivity contribution >= 4 is 22.4 Å². The number of anilines is 1. The molecule has 4 rings (SSSR count). The van der Waals surface area contributed by atoms with Crippen molar-refractivity contribution in [2.24, 2.45) is 0 Å². The second kappa shape index (κ2) is 7.75. The molecule has 0 fully saturated rings. The fourth-order valence-corrected chi connectivity index (χ4v) is 3.00. The van der Waals surface area contributed by atoms with Crippen molar-refractivity contribution in [3.05, 3.63) is 108 Å². The summed E-state index contributed by atoms with van der Waals surface area (Å²) in [7, 11) is 0. The van der Waals surface area contributed by atoms with E-state index in [0.717, 1.165) is 22.0 Å². The Balaban J connectivity index is 1.50. The Morgan fingerprint density at radius 3 is 2.41 bits per heavy atom. The maximum absolute atomic E-state index is 12.7. The minimum absolute atomic E-state index is 0.156. The predicted octanol–water partition coefficient (Wildman–Crippen LogP) is 5.67. The summed E-state index contributed by atoms with van der Waals surface area (Å²) in [6.45, 7) is 0.467. The molecule has 4 aromatic rings. The van der Waals surface area contributed by atoms with Crippen LogP contribution in [0, 0.1) is 0 Å². The molecule has 0 aromatic heterocycles. The molecule has 0 radical (unpaired) electrons. The van der Waals surface area contributed by atoms with Crippen LogP contribution in [0.2, 0.25) is 0 Å². The SMILES string of the molecule is O=C(Nc1cccc2ccccc12)c1cccc(OCc2ccccc2)c1. The highest BCUT2D eigenvalue weighted by molar-refractivity contribution is 6.09. The third kappa shape index (κ3) is 3.98. The van der Waals surface area contributed by atoms with Gasteiger partial charge in [-0.05, 0) is 35.2 Å². The Bertz CT molecular complexity index is 1070. The molecule has 1 N–H and O–H groups in total. The quantitative estimate of drug-likeness (QED) is 0.502. The second-order valence-electron chi connectivity index (χ2n) is 6.28. The van der Waals surface area contributed by atoms with Gasteiger partial charge in [-0.3, -0.25) is 4.79 Å². The average Bonchev–Trinajstić information content (AvgIpc) is 2.73. The van der Waals surface area contributed by atoms with Gasteiger partial charge >= 0.3 is 0 Å². The van der Waals surface area contributed by atoms with Crippen molar-refractivity contribution in [1.29, 1.82) is 0 Å². The summed E-state index contributed by atoms with van der Waals surface area (Å²) in [5, 5.41) is 5.12. The van der Waals surface area contributed by atoms with Gasteiger partial charge in [0.2, 0.25) is 0 Å². The molecule has 0 spiro atoms. The van der Waals surface area contributed by atoms with Crippen LogP contribution in [-0.4, -0.2) is 5.91 Å². The van der Waals surface area contributed by atoms with E-state index in [1.165, 1.54) is 0 Å². The van der Waals surface area contributed by atoms with E-state index in [4.69, 9.17) is 4.74 Å². The number of fused-ring (bicyclic) bond motifs is 1. The maximum atomic E-state index is 12.7. The lowest BCUT2D eigenvalue weighted by Crippen LogP contribution is -2.12. The van der Waals surface area contributed by atoms with Crippen molar-refractivity contribution in [3.8, 4) is 5.75 Å². The predicted molar refractivity (Wildman–Crippen MR) is 109 cm³/mol. The van der Waals surface area contributed by atoms with Gasteiger partial charge in [-0.1, -0.05) is 72.8 Å². The van der Waals surface area contributed by atoms with Gasteiger partial charge in [0, 0.05) is 16.6 Å². The molecular formula is C24H19NO2. The van der Waals surface area contributed by atoms with Crippen LogP contribution in [-0.2, 0) is 6.61 Å². The van der Waals surface area contributed by atoms with Crippen LogP contribution in [0.3, 0.4) is 0 Å². The number of hydrogen-bond donors (Lipinski definition) is 1. The molecule has 0 bridgehead atoms. The normalized spacial score (nSPS) is 10.5. The number of amides is 1. The van der Waals surface area contributed by atoms with Crippen LogP contribution in [0.15, 0.2) is 97.1 Å². The summed E-state index contributed by atoms with van der Waals surface area (Å²) in [6, 6.07) is 31.1. The highest BCUT2D eigenvalue weighted by atomic mass is 16.5. The standard InChI is InChI=1S/C24H19NO2/c26-24(25-23-15-7-11-19-10-4-5-14-22(19)23)20-12-6-13-21(16-20)27-17-18-8-2-1-3-9-18/h1-16H,17H2,(H,25,26).